The lowest BCUT2D eigenvalue weighted by atomic mass is 9.94. The van der Waals surface area contributed by atoms with Crippen molar-refractivity contribution in [1.82, 2.24) is 4.90 Å². The van der Waals surface area contributed by atoms with Crippen molar-refractivity contribution in [2.24, 2.45) is 5.73 Å². The van der Waals surface area contributed by atoms with Crippen molar-refractivity contribution in [3.8, 4) is 0 Å². The Morgan fingerprint density at radius 3 is 2.82 bits per heavy atom. The number of carbonyl (C=O) groups is 1. The van der Waals surface area contributed by atoms with Crippen LogP contribution in [-0.4, -0.2) is 23.4 Å². The van der Waals surface area contributed by atoms with E-state index in [9.17, 15) is 4.79 Å². The molecule has 0 unspecified atom stereocenters. The van der Waals surface area contributed by atoms with Crippen LogP contribution in [0.2, 0.25) is 0 Å². The fourth-order valence-corrected chi connectivity index (χ4v) is 2.42. The van der Waals surface area contributed by atoms with Crippen LogP contribution in [0.15, 0.2) is 22.8 Å². The molecular formula is C13H20N2O2. The van der Waals surface area contributed by atoms with Crippen LogP contribution in [0, 0.1) is 0 Å². The standard InChI is InChI=1S/C13H20N2O2/c1-15(10-11-5-4-8-17-11)12(16)9-13(14)6-2-3-7-13/h4-5,8H,2-3,6-7,9-10,14H2,1H3. The van der Waals surface area contributed by atoms with Crippen molar-refractivity contribution in [3.05, 3.63) is 24.2 Å². The third kappa shape index (κ3) is 3.09. The first-order chi connectivity index (χ1) is 8.09. The highest BCUT2D eigenvalue weighted by atomic mass is 16.3. The molecule has 0 bridgehead atoms. The largest absolute Gasteiger partial charge is 0.467 e. The van der Waals surface area contributed by atoms with Gasteiger partial charge in [-0.15, -0.1) is 0 Å². The quantitative estimate of drug-likeness (QED) is 0.868. The summed E-state index contributed by atoms with van der Waals surface area (Å²) in [6, 6.07) is 3.70. The summed E-state index contributed by atoms with van der Waals surface area (Å²) in [5, 5.41) is 0. The van der Waals surface area contributed by atoms with Crippen LogP contribution in [0.4, 0.5) is 0 Å². The van der Waals surface area contributed by atoms with E-state index in [0.29, 0.717) is 13.0 Å². The molecule has 1 amide bonds. The van der Waals surface area contributed by atoms with Gasteiger partial charge < -0.3 is 15.1 Å². The van der Waals surface area contributed by atoms with Crippen molar-refractivity contribution in [3.63, 3.8) is 0 Å². The molecule has 0 spiro atoms. The zero-order valence-corrected chi connectivity index (χ0v) is 10.3. The first-order valence-corrected chi connectivity index (χ1v) is 6.14. The molecule has 0 atom stereocenters. The molecule has 1 fully saturated rings. The lowest BCUT2D eigenvalue weighted by Crippen LogP contribution is -2.42. The molecule has 4 nitrogen and oxygen atoms in total. The van der Waals surface area contributed by atoms with Crippen molar-refractivity contribution >= 4 is 5.91 Å². The van der Waals surface area contributed by atoms with E-state index in [2.05, 4.69) is 0 Å². The molecule has 0 saturated heterocycles. The van der Waals surface area contributed by atoms with Gasteiger partial charge in [-0.1, -0.05) is 12.8 Å². The molecular weight excluding hydrogens is 216 g/mol. The normalized spacial score (nSPS) is 18.2. The van der Waals surface area contributed by atoms with E-state index >= 15 is 0 Å². The minimum atomic E-state index is -0.269. The molecule has 1 heterocycles. The fourth-order valence-electron chi connectivity index (χ4n) is 2.42. The third-order valence-corrected chi connectivity index (χ3v) is 3.50. The van der Waals surface area contributed by atoms with Gasteiger partial charge in [-0.05, 0) is 25.0 Å². The summed E-state index contributed by atoms with van der Waals surface area (Å²) in [4.78, 5) is 13.7. The summed E-state index contributed by atoms with van der Waals surface area (Å²) < 4.78 is 5.22. The van der Waals surface area contributed by atoms with E-state index in [1.165, 1.54) is 0 Å². The molecule has 1 aromatic heterocycles. The third-order valence-electron chi connectivity index (χ3n) is 3.50. The maximum Gasteiger partial charge on any atom is 0.224 e. The van der Waals surface area contributed by atoms with Crippen LogP contribution in [0.25, 0.3) is 0 Å². The SMILES string of the molecule is CN(Cc1ccco1)C(=O)CC1(N)CCCC1. The average molecular weight is 236 g/mol. The highest BCUT2D eigenvalue weighted by Gasteiger charge is 2.32. The molecule has 0 aliphatic heterocycles. The second kappa shape index (κ2) is 4.92. The summed E-state index contributed by atoms with van der Waals surface area (Å²) in [5.74, 6) is 0.907. The molecule has 1 aromatic rings. The Bertz CT molecular complexity index is 367. The van der Waals surface area contributed by atoms with Crippen molar-refractivity contribution < 1.29 is 9.21 Å². The summed E-state index contributed by atoms with van der Waals surface area (Å²) in [6.07, 6.45) is 6.29. The van der Waals surface area contributed by atoms with Gasteiger partial charge in [0.25, 0.3) is 0 Å². The van der Waals surface area contributed by atoms with E-state index in [-0.39, 0.29) is 11.4 Å². The van der Waals surface area contributed by atoms with Gasteiger partial charge in [0.1, 0.15) is 5.76 Å². The van der Waals surface area contributed by atoms with Gasteiger partial charge >= 0.3 is 0 Å². The number of carbonyl (C=O) groups excluding carboxylic acids is 1. The minimum Gasteiger partial charge on any atom is -0.467 e. The molecule has 17 heavy (non-hydrogen) atoms. The number of hydrogen-bond donors (Lipinski definition) is 1. The second-order valence-electron chi connectivity index (χ2n) is 5.08. The van der Waals surface area contributed by atoms with Gasteiger partial charge in [0.15, 0.2) is 0 Å². The summed E-state index contributed by atoms with van der Waals surface area (Å²) >= 11 is 0. The Morgan fingerprint density at radius 2 is 2.24 bits per heavy atom. The highest BCUT2D eigenvalue weighted by molar-refractivity contribution is 5.77. The van der Waals surface area contributed by atoms with Crippen LogP contribution in [0.5, 0.6) is 0 Å². The van der Waals surface area contributed by atoms with Crippen molar-refractivity contribution in [1.29, 1.82) is 0 Å². The maximum atomic E-state index is 12.0. The number of hydrogen-bond acceptors (Lipinski definition) is 3. The minimum absolute atomic E-state index is 0.103. The summed E-state index contributed by atoms with van der Waals surface area (Å²) in [6.45, 7) is 0.516. The molecule has 94 valence electrons. The first-order valence-electron chi connectivity index (χ1n) is 6.14. The van der Waals surface area contributed by atoms with E-state index in [4.69, 9.17) is 10.2 Å². The molecule has 0 radical (unpaired) electrons. The van der Waals surface area contributed by atoms with Gasteiger partial charge in [-0.2, -0.15) is 0 Å². The number of amides is 1. The predicted octanol–water partition coefficient (Wildman–Crippen LogP) is 1.90. The summed E-state index contributed by atoms with van der Waals surface area (Å²) in [7, 11) is 1.79. The smallest absolute Gasteiger partial charge is 0.224 e. The molecule has 1 aliphatic rings. The molecule has 0 aromatic carbocycles. The maximum absolute atomic E-state index is 12.0. The Morgan fingerprint density at radius 1 is 1.53 bits per heavy atom. The zero-order valence-electron chi connectivity index (χ0n) is 10.3. The van der Waals surface area contributed by atoms with E-state index in [0.717, 1.165) is 31.4 Å². The fraction of sp³-hybridized carbons (Fsp3) is 0.615. The Kier molecular flexibility index (Phi) is 3.52. The van der Waals surface area contributed by atoms with E-state index < -0.39 is 0 Å². The van der Waals surface area contributed by atoms with Gasteiger partial charge in [0.05, 0.1) is 12.8 Å². The van der Waals surface area contributed by atoms with Crippen LogP contribution in [-0.2, 0) is 11.3 Å². The van der Waals surface area contributed by atoms with Crippen LogP contribution >= 0.6 is 0 Å². The second-order valence-corrected chi connectivity index (χ2v) is 5.08. The highest BCUT2D eigenvalue weighted by Crippen LogP contribution is 2.30. The molecule has 2 rings (SSSR count). The first kappa shape index (κ1) is 12.2. The monoisotopic (exact) mass is 236 g/mol. The summed E-state index contributed by atoms with van der Waals surface area (Å²) in [5.41, 5.74) is 5.93. The molecule has 1 aliphatic carbocycles. The molecule has 2 N–H and O–H groups in total. The van der Waals surface area contributed by atoms with Crippen LogP contribution in [0.3, 0.4) is 0 Å². The zero-order chi connectivity index (χ0) is 12.3. The van der Waals surface area contributed by atoms with E-state index in [1.54, 1.807) is 18.2 Å². The van der Waals surface area contributed by atoms with Crippen molar-refractivity contribution in [2.75, 3.05) is 7.05 Å². The van der Waals surface area contributed by atoms with Crippen LogP contribution in [0.1, 0.15) is 37.9 Å². The van der Waals surface area contributed by atoms with Gasteiger partial charge in [-0.25, -0.2) is 0 Å². The Balaban J connectivity index is 1.87. The Labute approximate surface area is 102 Å². The number of furan rings is 1. The molecule has 1 saturated carbocycles. The number of rotatable bonds is 4. The van der Waals surface area contributed by atoms with Gasteiger partial charge in [0.2, 0.25) is 5.91 Å². The lowest BCUT2D eigenvalue weighted by molar-refractivity contribution is -0.131. The number of nitrogens with zero attached hydrogens (tertiary/aromatic N) is 1. The lowest BCUT2D eigenvalue weighted by Gasteiger charge is -2.25. The predicted molar refractivity (Wildman–Crippen MR) is 65.2 cm³/mol. The number of nitrogens with two attached hydrogens (primary N) is 1. The van der Waals surface area contributed by atoms with Gasteiger partial charge in [-0.3, -0.25) is 4.79 Å². The average Bonchev–Trinajstić information content (AvgIpc) is 2.90. The topological polar surface area (TPSA) is 59.5 Å². The van der Waals surface area contributed by atoms with E-state index in [1.807, 2.05) is 12.1 Å². The Hall–Kier alpha value is -1.29. The molecule has 4 heteroatoms. The van der Waals surface area contributed by atoms with Crippen LogP contribution < -0.4 is 5.73 Å². The van der Waals surface area contributed by atoms with Crippen molar-refractivity contribution in [2.45, 2.75) is 44.2 Å². The van der Waals surface area contributed by atoms with Gasteiger partial charge in [0, 0.05) is 19.0 Å².